The quantitative estimate of drug-likeness (QED) is 0.735. The largest absolute Gasteiger partial charge is 0.323 e. The summed E-state index contributed by atoms with van der Waals surface area (Å²) in [5.41, 5.74) is 2.70. The Kier molecular flexibility index (Phi) is 5.41. The molecule has 7 heteroatoms. The molecule has 7 nitrogen and oxygen atoms in total. The summed E-state index contributed by atoms with van der Waals surface area (Å²) in [4.78, 5) is 27.3. The zero-order valence-corrected chi connectivity index (χ0v) is 17.1. The number of hydrogen-bond acceptors (Lipinski definition) is 4. The second-order valence-electron chi connectivity index (χ2n) is 8.33. The summed E-state index contributed by atoms with van der Waals surface area (Å²) < 4.78 is 1.86. The minimum atomic E-state index is -0.802. The van der Waals surface area contributed by atoms with Crippen molar-refractivity contribution in [1.82, 2.24) is 25.3 Å². The first-order valence-corrected chi connectivity index (χ1v) is 10.4. The van der Waals surface area contributed by atoms with Crippen molar-refractivity contribution in [3.05, 3.63) is 53.3 Å². The average Bonchev–Trinajstić information content (AvgIpc) is 3.18. The molecule has 2 fully saturated rings. The van der Waals surface area contributed by atoms with E-state index in [1.54, 1.807) is 0 Å². The van der Waals surface area contributed by atoms with Gasteiger partial charge in [0.25, 0.3) is 5.91 Å². The van der Waals surface area contributed by atoms with Crippen molar-refractivity contribution in [2.45, 2.75) is 44.7 Å². The van der Waals surface area contributed by atoms with Gasteiger partial charge in [0.05, 0.1) is 5.69 Å². The fourth-order valence-corrected chi connectivity index (χ4v) is 4.79. The summed E-state index contributed by atoms with van der Waals surface area (Å²) in [5.74, 6) is -0.0242. The molecular weight excluding hydrogens is 366 g/mol. The van der Waals surface area contributed by atoms with Crippen LogP contribution in [0.25, 0.3) is 0 Å². The van der Waals surface area contributed by atoms with Gasteiger partial charge in [-0.15, -0.1) is 0 Å². The van der Waals surface area contributed by atoms with E-state index in [2.05, 4.69) is 39.0 Å². The second kappa shape index (κ2) is 7.99. The molecule has 0 saturated carbocycles. The van der Waals surface area contributed by atoms with E-state index in [1.807, 2.05) is 36.9 Å². The van der Waals surface area contributed by atoms with Crippen LogP contribution in [0.15, 0.2) is 36.5 Å². The van der Waals surface area contributed by atoms with E-state index in [9.17, 15) is 9.59 Å². The molecule has 0 spiro atoms. The molecule has 3 amide bonds. The molecule has 2 saturated heterocycles. The third-order valence-corrected chi connectivity index (χ3v) is 6.41. The number of imide groups is 1. The molecule has 1 aromatic heterocycles. The van der Waals surface area contributed by atoms with Gasteiger partial charge in [0.15, 0.2) is 0 Å². The SMILES string of the molecule is Cc1nn(C)cc1CN1CCC(C2(CCc3ccccc3)NC(=O)NC2=O)CC1. The molecule has 4 rings (SSSR count). The summed E-state index contributed by atoms with van der Waals surface area (Å²) in [7, 11) is 1.95. The zero-order valence-electron chi connectivity index (χ0n) is 17.1. The van der Waals surface area contributed by atoms with Crippen molar-refractivity contribution in [2.75, 3.05) is 13.1 Å². The molecule has 2 aliphatic rings. The fraction of sp³-hybridized carbons (Fsp3) is 0.500. The lowest BCUT2D eigenvalue weighted by Crippen LogP contribution is -2.56. The number of hydrogen-bond donors (Lipinski definition) is 2. The number of nitrogens with one attached hydrogen (secondary N) is 2. The average molecular weight is 396 g/mol. The van der Waals surface area contributed by atoms with Crippen molar-refractivity contribution in [1.29, 1.82) is 0 Å². The van der Waals surface area contributed by atoms with Gasteiger partial charge in [0.1, 0.15) is 5.54 Å². The molecule has 2 aromatic rings. The van der Waals surface area contributed by atoms with E-state index < -0.39 is 5.54 Å². The fourth-order valence-electron chi connectivity index (χ4n) is 4.79. The summed E-state index contributed by atoms with van der Waals surface area (Å²) in [6, 6.07) is 9.78. The number of nitrogens with zero attached hydrogens (tertiary/aromatic N) is 3. The smallest absolute Gasteiger partial charge is 0.322 e. The van der Waals surface area contributed by atoms with Crippen molar-refractivity contribution in [2.24, 2.45) is 13.0 Å². The lowest BCUT2D eigenvalue weighted by atomic mass is 9.74. The molecule has 2 N–H and O–H groups in total. The van der Waals surface area contributed by atoms with Crippen LogP contribution in [0.1, 0.15) is 36.1 Å². The highest BCUT2D eigenvalue weighted by Crippen LogP contribution is 2.35. The normalized spacial score (nSPS) is 23.2. The van der Waals surface area contributed by atoms with Gasteiger partial charge in [-0.3, -0.25) is 19.7 Å². The van der Waals surface area contributed by atoms with E-state index in [1.165, 1.54) is 11.1 Å². The van der Waals surface area contributed by atoms with Crippen molar-refractivity contribution in [3.63, 3.8) is 0 Å². The molecule has 2 aliphatic heterocycles. The number of likely N-dealkylation sites (tertiary alicyclic amines) is 1. The van der Waals surface area contributed by atoms with Crippen molar-refractivity contribution >= 4 is 11.9 Å². The standard InChI is InChI=1S/C22H29N5O2/c1-16-18(14-26(2)25-16)15-27-12-9-19(10-13-27)22(20(28)23-21(29)24-22)11-8-17-6-4-3-5-7-17/h3-7,14,19H,8-13,15H2,1-2H3,(H2,23,24,28,29). The maximum Gasteiger partial charge on any atom is 0.322 e. The first kappa shape index (κ1) is 19.6. The van der Waals surface area contributed by atoms with E-state index in [-0.39, 0.29) is 17.9 Å². The highest BCUT2D eigenvalue weighted by atomic mass is 16.2. The van der Waals surface area contributed by atoms with Crippen molar-refractivity contribution < 1.29 is 9.59 Å². The number of carbonyl (C=O) groups is 2. The maximum absolute atomic E-state index is 12.8. The number of rotatable bonds is 6. The number of piperidine rings is 1. The van der Waals surface area contributed by atoms with Crippen LogP contribution >= 0.6 is 0 Å². The summed E-state index contributed by atoms with van der Waals surface area (Å²) in [6.07, 6.45) is 5.25. The number of benzene rings is 1. The summed E-state index contributed by atoms with van der Waals surface area (Å²) in [6.45, 7) is 4.74. The predicted molar refractivity (Wildman–Crippen MR) is 110 cm³/mol. The van der Waals surface area contributed by atoms with Crippen LogP contribution in [0.2, 0.25) is 0 Å². The van der Waals surface area contributed by atoms with Crippen LogP contribution in [-0.4, -0.2) is 45.2 Å². The van der Waals surface area contributed by atoms with Gasteiger partial charge in [0, 0.05) is 25.4 Å². The molecule has 154 valence electrons. The van der Waals surface area contributed by atoms with Crippen LogP contribution < -0.4 is 10.6 Å². The van der Waals surface area contributed by atoms with Gasteiger partial charge in [-0.25, -0.2) is 4.79 Å². The second-order valence-corrected chi connectivity index (χ2v) is 8.33. The van der Waals surface area contributed by atoms with Crippen LogP contribution in [-0.2, 0) is 24.8 Å². The highest BCUT2D eigenvalue weighted by Gasteiger charge is 2.51. The van der Waals surface area contributed by atoms with Gasteiger partial charge in [-0.1, -0.05) is 30.3 Å². The Bertz CT molecular complexity index is 886. The van der Waals surface area contributed by atoms with Gasteiger partial charge in [-0.05, 0) is 57.2 Å². The number of carbonyl (C=O) groups excluding carboxylic acids is 2. The summed E-state index contributed by atoms with van der Waals surface area (Å²) >= 11 is 0. The van der Waals surface area contributed by atoms with Crippen LogP contribution in [0.3, 0.4) is 0 Å². The van der Waals surface area contributed by atoms with E-state index >= 15 is 0 Å². The molecule has 1 atom stereocenters. The highest BCUT2D eigenvalue weighted by molar-refractivity contribution is 6.07. The Labute approximate surface area is 171 Å². The topological polar surface area (TPSA) is 79.3 Å². The first-order chi connectivity index (χ1) is 14.0. The van der Waals surface area contributed by atoms with Crippen LogP contribution in [0.4, 0.5) is 4.79 Å². The zero-order chi connectivity index (χ0) is 20.4. The minimum Gasteiger partial charge on any atom is -0.323 e. The van der Waals surface area contributed by atoms with Gasteiger partial charge < -0.3 is 5.32 Å². The lowest BCUT2D eigenvalue weighted by Gasteiger charge is -2.40. The Hall–Kier alpha value is -2.67. The molecule has 1 aromatic carbocycles. The molecule has 0 radical (unpaired) electrons. The van der Waals surface area contributed by atoms with Gasteiger partial charge in [0.2, 0.25) is 0 Å². The Morgan fingerprint density at radius 3 is 2.48 bits per heavy atom. The Morgan fingerprint density at radius 2 is 1.90 bits per heavy atom. The third kappa shape index (κ3) is 4.05. The number of urea groups is 1. The van der Waals surface area contributed by atoms with E-state index in [0.717, 1.165) is 44.6 Å². The van der Waals surface area contributed by atoms with E-state index in [0.29, 0.717) is 6.42 Å². The number of amides is 3. The predicted octanol–water partition coefficient (Wildman–Crippen LogP) is 2.15. The van der Waals surface area contributed by atoms with Crippen LogP contribution in [0.5, 0.6) is 0 Å². The summed E-state index contributed by atoms with van der Waals surface area (Å²) in [5, 5.41) is 9.92. The van der Waals surface area contributed by atoms with E-state index in [4.69, 9.17) is 0 Å². The number of aromatic nitrogens is 2. The molecule has 0 aliphatic carbocycles. The monoisotopic (exact) mass is 395 g/mol. The minimum absolute atomic E-state index is 0.143. The lowest BCUT2D eigenvalue weighted by molar-refractivity contribution is -0.127. The maximum atomic E-state index is 12.8. The van der Waals surface area contributed by atoms with Gasteiger partial charge >= 0.3 is 6.03 Å². The molecular formula is C22H29N5O2. The molecule has 0 bridgehead atoms. The van der Waals surface area contributed by atoms with Crippen LogP contribution in [0, 0.1) is 12.8 Å². The first-order valence-electron chi connectivity index (χ1n) is 10.4. The Balaban J connectivity index is 1.43. The van der Waals surface area contributed by atoms with Gasteiger partial charge in [-0.2, -0.15) is 5.10 Å². The molecule has 3 heterocycles. The number of aryl methyl sites for hydroxylation is 3. The molecule has 1 unspecified atom stereocenters. The Morgan fingerprint density at radius 1 is 1.17 bits per heavy atom. The molecule has 29 heavy (non-hydrogen) atoms. The third-order valence-electron chi connectivity index (χ3n) is 6.41. The van der Waals surface area contributed by atoms with Crippen molar-refractivity contribution in [3.8, 4) is 0 Å².